The first-order valence-electron chi connectivity index (χ1n) is 5.27. The van der Waals surface area contributed by atoms with Gasteiger partial charge in [-0.05, 0) is 37.9 Å². The van der Waals surface area contributed by atoms with Crippen LogP contribution in [0, 0.1) is 10.1 Å². The molecule has 5 heteroatoms. The van der Waals surface area contributed by atoms with Gasteiger partial charge in [-0.1, -0.05) is 0 Å². The van der Waals surface area contributed by atoms with Crippen molar-refractivity contribution < 1.29 is 10.0 Å². The third-order valence-corrected chi connectivity index (χ3v) is 3.22. The Morgan fingerprint density at radius 1 is 1.50 bits per heavy atom. The van der Waals surface area contributed by atoms with Gasteiger partial charge in [0, 0.05) is 17.0 Å². The molecule has 1 aliphatic rings. The predicted octanol–water partition coefficient (Wildman–Crippen LogP) is 1.68. The van der Waals surface area contributed by atoms with Gasteiger partial charge in [0.25, 0.3) is 5.69 Å². The highest BCUT2D eigenvalue weighted by Gasteiger charge is 2.47. The first-order valence-corrected chi connectivity index (χ1v) is 5.27. The molecule has 1 aliphatic carbocycles. The molecule has 5 nitrogen and oxygen atoms in total. The lowest BCUT2D eigenvalue weighted by Crippen LogP contribution is -2.15. The molecule has 0 radical (unpaired) electrons. The number of rotatable bonds is 4. The SMILES string of the molecule is NCCC1(c2cc(O)ccc2[N+](=O)[O-])CC1. The highest BCUT2D eigenvalue weighted by molar-refractivity contribution is 5.51. The van der Waals surface area contributed by atoms with E-state index in [2.05, 4.69) is 0 Å². The number of phenolic OH excluding ortho intramolecular Hbond substituents is 1. The lowest BCUT2D eigenvalue weighted by molar-refractivity contribution is -0.385. The second kappa shape index (κ2) is 3.75. The second-order valence-corrected chi connectivity index (χ2v) is 4.28. The summed E-state index contributed by atoms with van der Waals surface area (Å²) in [5.41, 5.74) is 6.07. The summed E-state index contributed by atoms with van der Waals surface area (Å²) >= 11 is 0. The Bertz CT molecular complexity index is 427. The smallest absolute Gasteiger partial charge is 0.273 e. The quantitative estimate of drug-likeness (QED) is 0.599. The fourth-order valence-electron chi connectivity index (χ4n) is 2.19. The molecule has 0 bridgehead atoms. The van der Waals surface area contributed by atoms with Crippen molar-refractivity contribution in [2.75, 3.05) is 6.54 Å². The number of nitro groups is 1. The molecule has 0 spiro atoms. The van der Waals surface area contributed by atoms with Gasteiger partial charge in [0.05, 0.1) is 4.92 Å². The van der Waals surface area contributed by atoms with Crippen LogP contribution in [-0.2, 0) is 5.41 Å². The van der Waals surface area contributed by atoms with E-state index in [1.165, 1.54) is 18.2 Å². The Morgan fingerprint density at radius 3 is 2.69 bits per heavy atom. The summed E-state index contributed by atoms with van der Waals surface area (Å²) in [5.74, 6) is 0.0731. The number of hydrogen-bond donors (Lipinski definition) is 2. The Hall–Kier alpha value is -1.62. The summed E-state index contributed by atoms with van der Waals surface area (Å²) in [6, 6.07) is 4.21. The van der Waals surface area contributed by atoms with Crippen LogP contribution >= 0.6 is 0 Å². The van der Waals surface area contributed by atoms with Crippen molar-refractivity contribution in [2.24, 2.45) is 5.73 Å². The van der Waals surface area contributed by atoms with Crippen LogP contribution in [0.25, 0.3) is 0 Å². The molecule has 0 saturated heterocycles. The van der Waals surface area contributed by atoms with Crippen molar-refractivity contribution in [3.8, 4) is 5.75 Å². The van der Waals surface area contributed by atoms with Crippen LogP contribution in [0.3, 0.4) is 0 Å². The number of benzene rings is 1. The summed E-state index contributed by atoms with van der Waals surface area (Å²) in [7, 11) is 0. The van der Waals surface area contributed by atoms with Gasteiger partial charge in [-0.25, -0.2) is 0 Å². The molecule has 3 N–H and O–H groups in total. The molecule has 0 unspecified atom stereocenters. The molecule has 0 atom stereocenters. The largest absolute Gasteiger partial charge is 0.508 e. The Labute approximate surface area is 93.0 Å². The van der Waals surface area contributed by atoms with Gasteiger partial charge < -0.3 is 10.8 Å². The third-order valence-electron chi connectivity index (χ3n) is 3.22. The van der Waals surface area contributed by atoms with Crippen molar-refractivity contribution in [3.05, 3.63) is 33.9 Å². The summed E-state index contributed by atoms with van der Waals surface area (Å²) in [5, 5.41) is 20.3. The molecule has 0 heterocycles. The van der Waals surface area contributed by atoms with Gasteiger partial charge in [0.2, 0.25) is 0 Å². The van der Waals surface area contributed by atoms with Gasteiger partial charge in [0.15, 0.2) is 0 Å². The number of nitrogens with zero attached hydrogens (tertiary/aromatic N) is 1. The lowest BCUT2D eigenvalue weighted by atomic mass is 9.91. The zero-order valence-corrected chi connectivity index (χ0v) is 8.85. The standard InChI is InChI=1S/C11H14N2O3/c12-6-5-11(3-4-11)9-7-8(14)1-2-10(9)13(15)16/h1-2,7,14H,3-6,12H2. The van der Waals surface area contributed by atoms with Crippen molar-refractivity contribution >= 4 is 5.69 Å². The molecule has 0 aromatic heterocycles. The average Bonchev–Trinajstić information content (AvgIpc) is 2.99. The van der Waals surface area contributed by atoms with E-state index >= 15 is 0 Å². The molecule has 1 aromatic rings. The Balaban J connectivity index is 2.46. The van der Waals surface area contributed by atoms with Crippen LogP contribution in [0.4, 0.5) is 5.69 Å². The number of nitro benzene ring substituents is 1. The monoisotopic (exact) mass is 222 g/mol. The van der Waals surface area contributed by atoms with E-state index < -0.39 is 4.92 Å². The van der Waals surface area contributed by atoms with Crippen molar-refractivity contribution in [1.29, 1.82) is 0 Å². The van der Waals surface area contributed by atoms with Crippen LogP contribution < -0.4 is 5.73 Å². The fraction of sp³-hybridized carbons (Fsp3) is 0.455. The van der Waals surface area contributed by atoms with Crippen LogP contribution in [0.15, 0.2) is 18.2 Å². The Morgan fingerprint density at radius 2 is 2.19 bits per heavy atom. The zero-order chi connectivity index (χ0) is 11.8. The van der Waals surface area contributed by atoms with Crippen LogP contribution in [0.2, 0.25) is 0 Å². The lowest BCUT2D eigenvalue weighted by Gasteiger charge is -2.14. The van der Waals surface area contributed by atoms with E-state index in [0.29, 0.717) is 12.1 Å². The maximum Gasteiger partial charge on any atom is 0.273 e. The van der Waals surface area contributed by atoms with E-state index in [1.54, 1.807) is 0 Å². The summed E-state index contributed by atoms with van der Waals surface area (Å²) in [4.78, 5) is 10.5. The maximum absolute atomic E-state index is 10.9. The van der Waals surface area contributed by atoms with Crippen LogP contribution in [0.1, 0.15) is 24.8 Å². The summed E-state index contributed by atoms with van der Waals surface area (Å²) in [6.07, 6.45) is 2.56. The summed E-state index contributed by atoms with van der Waals surface area (Å²) in [6.45, 7) is 0.507. The van der Waals surface area contributed by atoms with Gasteiger partial charge >= 0.3 is 0 Å². The number of hydrogen-bond acceptors (Lipinski definition) is 4. The van der Waals surface area contributed by atoms with E-state index in [1.807, 2.05) is 0 Å². The molecule has 1 fully saturated rings. The van der Waals surface area contributed by atoms with E-state index in [-0.39, 0.29) is 16.9 Å². The van der Waals surface area contributed by atoms with Gasteiger partial charge in [-0.15, -0.1) is 0 Å². The van der Waals surface area contributed by atoms with Gasteiger partial charge in [0.1, 0.15) is 5.75 Å². The van der Waals surface area contributed by atoms with Gasteiger partial charge in [-0.3, -0.25) is 10.1 Å². The zero-order valence-electron chi connectivity index (χ0n) is 8.85. The average molecular weight is 222 g/mol. The highest BCUT2D eigenvalue weighted by atomic mass is 16.6. The molecule has 1 saturated carbocycles. The van der Waals surface area contributed by atoms with Crippen LogP contribution in [0.5, 0.6) is 5.75 Å². The molecular formula is C11H14N2O3. The van der Waals surface area contributed by atoms with Crippen molar-refractivity contribution in [2.45, 2.75) is 24.7 Å². The van der Waals surface area contributed by atoms with Crippen LogP contribution in [-0.4, -0.2) is 16.6 Å². The minimum Gasteiger partial charge on any atom is -0.508 e. The topological polar surface area (TPSA) is 89.4 Å². The fourth-order valence-corrected chi connectivity index (χ4v) is 2.19. The molecule has 16 heavy (non-hydrogen) atoms. The first-order chi connectivity index (χ1) is 7.59. The minimum absolute atomic E-state index is 0.0731. The number of phenols is 1. The highest BCUT2D eigenvalue weighted by Crippen LogP contribution is 2.54. The third kappa shape index (κ3) is 1.74. The summed E-state index contributed by atoms with van der Waals surface area (Å²) < 4.78 is 0. The molecule has 0 amide bonds. The van der Waals surface area contributed by atoms with Crippen molar-refractivity contribution in [3.63, 3.8) is 0 Å². The molecule has 0 aliphatic heterocycles. The number of aromatic hydroxyl groups is 1. The minimum atomic E-state index is -0.397. The molecule has 1 aromatic carbocycles. The molecule has 86 valence electrons. The number of nitrogens with two attached hydrogens (primary N) is 1. The second-order valence-electron chi connectivity index (χ2n) is 4.28. The maximum atomic E-state index is 10.9. The van der Waals surface area contributed by atoms with E-state index in [0.717, 1.165) is 19.3 Å². The molecular weight excluding hydrogens is 208 g/mol. The van der Waals surface area contributed by atoms with Gasteiger partial charge in [-0.2, -0.15) is 0 Å². The predicted molar refractivity (Wildman–Crippen MR) is 59.3 cm³/mol. The Kier molecular flexibility index (Phi) is 2.55. The first kappa shape index (κ1) is 10.9. The molecule has 2 rings (SSSR count). The van der Waals surface area contributed by atoms with Crippen molar-refractivity contribution in [1.82, 2.24) is 0 Å². The van der Waals surface area contributed by atoms with E-state index in [9.17, 15) is 15.2 Å². The normalized spacial score (nSPS) is 17.1. The van der Waals surface area contributed by atoms with E-state index in [4.69, 9.17) is 5.73 Å².